The second-order valence-electron chi connectivity index (χ2n) is 8.27. The van der Waals surface area contributed by atoms with Crippen LogP contribution in [-0.4, -0.2) is 29.9 Å². The van der Waals surface area contributed by atoms with Crippen molar-refractivity contribution in [1.82, 2.24) is 5.32 Å². The zero-order valence-corrected chi connectivity index (χ0v) is 18.1. The normalized spacial score (nSPS) is 27.5. The van der Waals surface area contributed by atoms with E-state index in [1.54, 1.807) is 31.2 Å². The summed E-state index contributed by atoms with van der Waals surface area (Å²) in [5.74, 6) is -2.57. The summed E-state index contributed by atoms with van der Waals surface area (Å²) in [7, 11) is 0. The maximum atomic E-state index is 13.7. The van der Waals surface area contributed by atoms with Crippen molar-refractivity contribution in [3.05, 3.63) is 65.7 Å². The lowest BCUT2D eigenvalue weighted by molar-refractivity contribution is -0.155. The van der Waals surface area contributed by atoms with Crippen LogP contribution in [0.2, 0.25) is 0 Å². The fraction of sp³-hybridized carbons (Fsp3) is 0.400. The molecular formula is C25H28N2O4. The summed E-state index contributed by atoms with van der Waals surface area (Å²) in [6.45, 7) is 5.91. The Kier molecular flexibility index (Phi) is 5.67. The summed E-state index contributed by atoms with van der Waals surface area (Å²) in [5.41, 5.74) is 1.23. The molecule has 2 aliphatic heterocycles. The molecule has 31 heavy (non-hydrogen) atoms. The zero-order valence-electron chi connectivity index (χ0n) is 18.1. The number of carbonyl (C=O) groups excluding carboxylic acids is 3. The first-order valence-electron chi connectivity index (χ1n) is 10.9. The van der Waals surface area contributed by atoms with E-state index in [9.17, 15) is 14.4 Å². The quantitative estimate of drug-likeness (QED) is 0.571. The van der Waals surface area contributed by atoms with Gasteiger partial charge in [0.1, 0.15) is 5.54 Å². The van der Waals surface area contributed by atoms with Gasteiger partial charge in [0.2, 0.25) is 11.8 Å². The first kappa shape index (κ1) is 21.2. The molecule has 0 spiro atoms. The van der Waals surface area contributed by atoms with Crippen LogP contribution >= 0.6 is 0 Å². The first-order chi connectivity index (χ1) is 15.0. The number of ether oxygens (including phenoxy) is 1. The number of hydrogen-bond acceptors (Lipinski definition) is 5. The summed E-state index contributed by atoms with van der Waals surface area (Å²) < 4.78 is 5.45. The standard InChI is InChI=1S/C25H28N2O4/c1-4-15-25(24(30)31-5-2)20-19(21(26-25)18-14-10-9-11-16(18)3)22(28)27(23(20)29)17-12-7-6-8-13-17/h6-14,19-21,26H,4-5,15H2,1-3H3/t19-,20-,21-,25-/m0/s1. The van der Waals surface area contributed by atoms with Gasteiger partial charge in [-0.2, -0.15) is 0 Å². The largest absolute Gasteiger partial charge is 0.465 e. The molecule has 2 aromatic rings. The minimum absolute atomic E-state index is 0.211. The Morgan fingerprint density at radius 3 is 2.35 bits per heavy atom. The average Bonchev–Trinajstić information content (AvgIpc) is 3.24. The highest BCUT2D eigenvalue weighted by Crippen LogP contribution is 2.52. The number of rotatable bonds is 6. The molecule has 6 nitrogen and oxygen atoms in total. The van der Waals surface area contributed by atoms with Gasteiger partial charge in [-0.05, 0) is 43.5 Å². The van der Waals surface area contributed by atoms with Crippen LogP contribution in [0.15, 0.2) is 54.6 Å². The maximum absolute atomic E-state index is 13.7. The van der Waals surface area contributed by atoms with E-state index in [1.807, 2.05) is 44.2 Å². The molecule has 162 valence electrons. The number of para-hydroxylation sites is 1. The molecule has 1 N–H and O–H groups in total. The molecule has 4 rings (SSSR count). The van der Waals surface area contributed by atoms with Crippen LogP contribution in [0.25, 0.3) is 0 Å². The van der Waals surface area contributed by atoms with Crippen molar-refractivity contribution >= 4 is 23.5 Å². The van der Waals surface area contributed by atoms with Gasteiger partial charge < -0.3 is 4.74 Å². The van der Waals surface area contributed by atoms with Crippen molar-refractivity contribution in [2.75, 3.05) is 11.5 Å². The second-order valence-corrected chi connectivity index (χ2v) is 8.27. The Labute approximate surface area is 182 Å². The van der Waals surface area contributed by atoms with E-state index < -0.39 is 29.4 Å². The van der Waals surface area contributed by atoms with Crippen LogP contribution in [0.5, 0.6) is 0 Å². The molecule has 2 aliphatic rings. The summed E-state index contributed by atoms with van der Waals surface area (Å²) in [6, 6.07) is 16.3. The third-order valence-corrected chi connectivity index (χ3v) is 6.48. The molecule has 0 aliphatic carbocycles. The lowest BCUT2D eigenvalue weighted by atomic mass is 9.76. The van der Waals surface area contributed by atoms with Crippen molar-refractivity contribution in [2.45, 2.75) is 45.2 Å². The van der Waals surface area contributed by atoms with Crippen LogP contribution in [0, 0.1) is 18.8 Å². The summed E-state index contributed by atoms with van der Waals surface area (Å²) in [6.07, 6.45) is 1.08. The van der Waals surface area contributed by atoms with E-state index in [2.05, 4.69) is 5.32 Å². The van der Waals surface area contributed by atoms with Crippen LogP contribution in [0.3, 0.4) is 0 Å². The zero-order chi connectivity index (χ0) is 22.2. The number of aryl methyl sites for hydroxylation is 1. The third-order valence-electron chi connectivity index (χ3n) is 6.48. The van der Waals surface area contributed by atoms with Gasteiger partial charge in [-0.15, -0.1) is 0 Å². The Bertz CT molecular complexity index is 1010. The van der Waals surface area contributed by atoms with Crippen LogP contribution in [-0.2, 0) is 19.1 Å². The summed E-state index contributed by atoms with van der Waals surface area (Å²) >= 11 is 0. The van der Waals surface area contributed by atoms with Gasteiger partial charge in [0.25, 0.3) is 0 Å². The molecule has 2 saturated heterocycles. The van der Waals surface area contributed by atoms with E-state index >= 15 is 0 Å². The number of carbonyl (C=O) groups is 3. The van der Waals surface area contributed by atoms with Crippen LogP contribution < -0.4 is 10.2 Å². The fourth-order valence-electron chi connectivity index (χ4n) is 5.21. The summed E-state index contributed by atoms with van der Waals surface area (Å²) in [4.78, 5) is 41.9. The molecule has 0 saturated carbocycles. The fourth-order valence-corrected chi connectivity index (χ4v) is 5.21. The molecule has 2 fully saturated rings. The number of hydrogen-bond donors (Lipinski definition) is 1. The van der Waals surface area contributed by atoms with Gasteiger partial charge in [0, 0.05) is 6.04 Å². The van der Waals surface area contributed by atoms with Gasteiger partial charge >= 0.3 is 5.97 Å². The van der Waals surface area contributed by atoms with E-state index in [0.29, 0.717) is 18.5 Å². The molecule has 2 amide bonds. The number of benzene rings is 2. The van der Waals surface area contributed by atoms with Gasteiger partial charge in [-0.3, -0.25) is 19.7 Å². The number of imide groups is 1. The number of nitrogens with one attached hydrogen (secondary N) is 1. The minimum atomic E-state index is -1.24. The van der Waals surface area contributed by atoms with E-state index in [4.69, 9.17) is 4.74 Å². The van der Waals surface area contributed by atoms with E-state index in [1.165, 1.54) is 4.90 Å². The highest BCUT2D eigenvalue weighted by Gasteiger charge is 2.68. The monoisotopic (exact) mass is 420 g/mol. The van der Waals surface area contributed by atoms with Gasteiger partial charge in [0.05, 0.1) is 24.1 Å². The first-order valence-corrected chi connectivity index (χ1v) is 10.9. The van der Waals surface area contributed by atoms with E-state index in [-0.39, 0.29) is 18.4 Å². The van der Waals surface area contributed by atoms with Gasteiger partial charge in [0.15, 0.2) is 0 Å². The Morgan fingerprint density at radius 1 is 1.03 bits per heavy atom. The molecular weight excluding hydrogens is 392 g/mol. The molecule has 6 heteroatoms. The number of anilines is 1. The van der Waals surface area contributed by atoms with Crippen molar-refractivity contribution in [2.24, 2.45) is 11.8 Å². The second kappa shape index (κ2) is 8.27. The van der Waals surface area contributed by atoms with Crippen LogP contribution in [0.4, 0.5) is 5.69 Å². The molecule has 0 radical (unpaired) electrons. The Balaban J connectivity index is 1.88. The molecule has 2 aromatic carbocycles. The molecule has 4 atom stereocenters. The summed E-state index contributed by atoms with van der Waals surface area (Å²) in [5, 5.41) is 3.44. The number of nitrogens with zero attached hydrogens (tertiary/aromatic N) is 1. The predicted octanol–water partition coefficient (Wildman–Crippen LogP) is 3.55. The van der Waals surface area contributed by atoms with Crippen molar-refractivity contribution < 1.29 is 19.1 Å². The number of amides is 2. The Hall–Kier alpha value is -2.99. The molecule has 0 unspecified atom stereocenters. The van der Waals surface area contributed by atoms with Gasteiger partial charge in [-0.25, -0.2) is 4.90 Å². The molecule has 0 aromatic heterocycles. The lowest BCUT2D eigenvalue weighted by Gasteiger charge is -2.32. The van der Waals surface area contributed by atoms with Crippen molar-refractivity contribution in [1.29, 1.82) is 0 Å². The lowest BCUT2D eigenvalue weighted by Crippen LogP contribution is -2.56. The predicted molar refractivity (Wildman–Crippen MR) is 117 cm³/mol. The smallest absolute Gasteiger partial charge is 0.327 e. The van der Waals surface area contributed by atoms with Gasteiger partial charge in [-0.1, -0.05) is 55.8 Å². The number of esters is 1. The highest BCUT2D eigenvalue weighted by molar-refractivity contribution is 6.24. The molecule has 2 heterocycles. The minimum Gasteiger partial charge on any atom is -0.465 e. The third kappa shape index (κ3) is 3.26. The number of fused-ring (bicyclic) bond motifs is 1. The Morgan fingerprint density at radius 2 is 1.71 bits per heavy atom. The van der Waals surface area contributed by atoms with E-state index in [0.717, 1.165) is 11.1 Å². The molecule has 0 bridgehead atoms. The average molecular weight is 421 g/mol. The SMILES string of the molecule is CCC[C@]1(C(=O)OCC)N[C@@H](c2ccccc2C)[C@H]2C(=O)N(c3ccccc3)C(=O)[C@H]21. The van der Waals surface area contributed by atoms with Crippen LogP contribution in [0.1, 0.15) is 43.9 Å². The van der Waals surface area contributed by atoms with Crippen molar-refractivity contribution in [3.63, 3.8) is 0 Å². The van der Waals surface area contributed by atoms with Crippen molar-refractivity contribution in [3.8, 4) is 0 Å². The highest BCUT2D eigenvalue weighted by atomic mass is 16.5. The maximum Gasteiger partial charge on any atom is 0.327 e. The topological polar surface area (TPSA) is 75.7 Å².